The Kier molecular flexibility index (Phi) is 5.63. The maximum Gasteiger partial charge on any atom is 0.221 e. The predicted molar refractivity (Wildman–Crippen MR) is 116 cm³/mol. The van der Waals surface area contributed by atoms with Gasteiger partial charge in [0.2, 0.25) is 5.91 Å². The van der Waals surface area contributed by atoms with E-state index in [0.717, 1.165) is 31.6 Å². The van der Waals surface area contributed by atoms with Crippen molar-refractivity contribution in [2.45, 2.75) is 25.8 Å². The first kappa shape index (κ1) is 19.2. The van der Waals surface area contributed by atoms with Crippen molar-refractivity contribution in [2.24, 2.45) is 0 Å². The summed E-state index contributed by atoms with van der Waals surface area (Å²) in [4.78, 5) is 14.0. The largest absolute Gasteiger partial charge is 0.506 e. The highest BCUT2D eigenvalue weighted by atomic mass is 16.3. The Hall–Kier alpha value is -3.11. The lowest BCUT2D eigenvalue weighted by Gasteiger charge is -2.25. The van der Waals surface area contributed by atoms with Crippen LogP contribution in [0, 0.1) is 0 Å². The van der Waals surface area contributed by atoms with Crippen LogP contribution in [0.4, 0.5) is 5.69 Å². The molecule has 4 rings (SSSR count). The number of rotatable bonds is 4. The molecule has 1 unspecified atom stereocenters. The SMILES string of the molecule is CC(=O)Nc1cc2c(cc1O)C(c1ccccc1)CN(Cc1ccccc1)CC2. The van der Waals surface area contributed by atoms with Crippen LogP contribution in [0.3, 0.4) is 0 Å². The molecule has 1 amide bonds. The lowest BCUT2D eigenvalue weighted by molar-refractivity contribution is -0.114. The maximum absolute atomic E-state index is 11.5. The van der Waals surface area contributed by atoms with Gasteiger partial charge in [-0.1, -0.05) is 60.7 Å². The van der Waals surface area contributed by atoms with E-state index in [0.29, 0.717) is 5.69 Å². The molecule has 3 aromatic rings. The quantitative estimate of drug-likeness (QED) is 0.647. The second-order valence-electron chi connectivity index (χ2n) is 7.68. The van der Waals surface area contributed by atoms with Crippen LogP contribution >= 0.6 is 0 Å². The molecule has 2 N–H and O–H groups in total. The molecule has 0 saturated carbocycles. The Morgan fingerprint density at radius 2 is 1.76 bits per heavy atom. The summed E-state index contributed by atoms with van der Waals surface area (Å²) in [7, 11) is 0. The number of phenolic OH excluding ortho intramolecular Hbond substituents is 1. The van der Waals surface area contributed by atoms with E-state index in [2.05, 4.69) is 58.7 Å². The summed E-state index contributed by atoms with van der Waals surface area (Å²) in [6, 6.07) is 24.8. The van der Waals surface area contributed by atoms with E-state index in [9.17, 15) is 9.90 Å². The summed E-state index contributed by atoms with van der Waals surface area (Å²) in [5.74, 6) is 0.102. The average Bonchev–Trinajstić information content (AvgIpc) is 2.89. The fraction of sp³-hybridized carbons (Fsp3) is 0.240. The molecule has 0 saturated heterocycles. The molecule has 4 nitrogen and oxygen atoms in total. The van der Waals surface area contributed by atoms with Gasteiger partial charge in [-0.2, -0.15) is 0 Å². The minimum atomic E-state index is -0.181. The van der Waals surface area contributed by atoms with Crippen molar-refractivity contribution in [1.82, 2.24) is 4.90 Å². The molecule has 0 bridgehead atoms. The van der Waals surface area contributed by atoms with Crippen LogP contribution < -0.4 is 5.32 Å². The molecule has 3 aromatic carbocycles. The van der Waals surface area contributed by atoms with Gasteiger partial charge in [-0.3, -0.25) is 9.69 Å². The molecule has 1 aliphatic rings. The first-order valence-corrected chi connectivity index (χ1v) is 10.0. The molecule has 148 valence electrons. The highest BCUT2D eigenvalue weighted by Crippen LogP contribution is 2.37. The summed E-state index contributed by atoms with van der Waals surface area (Å²) in [6.45, 7) is 4.16. The fourth-order valence-electron chi connectivity index (χ4n) is 4.16. The minimum absolute atomic E-state index is 0.122. The molecule has 1 aliphatic heterocycles. The number of hydrogen-bond donors (Lipinski definition) is 2. The normalized spacial score (nSPS) is 16.7. The average molecular weight is 386 g/mol. The van der Waals surface area contributed by atoms with Crippen LogP contribution in [0.15, 0.2) is 72.8 Å². The first-order valence-electron chi connectivity index (χ1n) is 10.0. The monoisotopic (exact) mass is 386 g/mol. The van der Waals surface area contributed by atoms with Gasteiger partial charge in [0.25, 0.3) is 0 Å². The predicted octanol–water partition coefficient (Wildman–Crippen LogP) is 4.54. The Balaban J connectivity index is 1.71. The van der Waals surface area contributed by atoms with Crippen LogP contribution in [0.25, 0.3) is 0 Å². The van der Waals surface area contributed by atoms with E-state index in [1.54, 1.807) is 0 Å². The van der Waals surface area contributed by atoms with E-state index in [4.69, 9.17) is 0 Å². The molecule has 0 aromatic heterocycles. The zero-order valence-corrected chi connectivity index (χ0v) is 16.6. The molecule has 0 fully saturated rings. The number of hydrogen-bond acceptors (Lipinski definition) is 3. The molecule has 4 heteroatoms. The molecule has 0 radical (unpaired) electrons. The highest BCUT2D eigenvalue weighted by Gasteiger charge is 2.26. The summed E-state index contributed by atoms with van der Waals surface area (Å²) in [5, 5.41) is 13.3. The molecule has 0 aliphatic carbocycles. The topological polar surface area (TPSA) is 52.6 Å². The van der Waals surface area contributed by atoms with Gasteiger partial charge in [-0.25, -0.2) is 0 Å². The number of fused-ring (bicyclic) bond motifs is 1. The summed E-state index contributed by atoms with van der Waals surface area (Å²) >= 11 is 0. The second kappa shape index (κ2) is 8.50. The third-order valence-electron chi connectivity index (χ3n) is 5.53. The smallest absolute Gasteiger partial charge is 0.221 e. The van der Waals surface area contributed by atoms with Gasteiger partial charge in [-0.15, -0.1) is 0 Å². The number of aromatic hydroxyl groups is 1. The molecule has 1 atom stereocenters. The molecule has 0 spiro atoms. The van der Waals surface area contributed by atoms with Crippen LogP contribution in [-0.4, -0.2) is 29.0 Å². The number of anilines is 1. The van der Waals surface area contributed by atoms with Crippen molar-refractivity contribution in [3.8, 4) is 5.75 Å². The number of benzene rings is 3. The van der Waals surface area contributed by atoms with Crippen LogP contribution in [-0.2, 0) is 17.8 Å². The fourth-order valence-corrected chi connectivity index (χ4v) is 4.16. The second-order valence-corrected chi connectivity index (χ2v) is 7.68. The van der Waals surface area contributed by atoms with E-state index < -0.39 is 0 Å². The van der Waals surface area contributed by atoms with Gasteiger partial charge in [0.05, 0.1) is 5.69 Å². The Bertz CT molecular complexity index is 986. The molecular weight excluding hydrogens is 360 g/mol. The van der Waals surface area contributed by atoms with Gasteiger partial charge >= 0.3 is 0 Å². The number of carbonyl (C=O) groups excluding carboxylic acids is 1. The first-order chi connectivity index (χ1) is 14.1. The lowest BCUT2D eigenvalue weighted by atomic mass is 9.87. The zero-order valence-electron chi connectivity index (χ0n) is 16.6. The van der Waals surface area contributed by atoms with Crippen molar-refractivity contribution in [3.63, 3.8) is 0 Å². The van der Waals surface area contributed by atoms with Crippen LogP contribution in [0.1, 0.15) is 35.1 Å². The van der Waals surface area contributed by atoms with Crippen molar-refractivity contribution < 1.29 is 9.90 Å². The van der Waals surface area contributed by atoms with Gasteiger partial charge in [0.15, 0.2) is 0 Å². The van der Waals surface area contributed by atoms with Gasteiger partial charge in [0, 0.05) is 32.5 Å². The van der Waals surface area contributed by atoms with Crippen molar-refractivity contribution >= 4 is 11.6 Å². The zero-order chi connectivity index (χ0) is 20.2. The van der Waals surface area contributed by atoms with Crippen molar-refractivity contribution in [2.75, 3.05) is 18.4 Å². The number of nitrogens with one attached hydrogen (secondary N) is 1. The molecular formula is C25H26N2O2. The number of amides is 1. The minimum Gasteiger partial charge on any atom is -0.506 e. The van der Waals surface area contributed by atoms with Crippen LogP contribution in [0.5, 0.6) is 5.75 Å². The summed E-state index contributed by atoms with van der Waals surface area (Å²) in [6.07, 6.45) is 0.873. The number of carbonyl (C=O) groups is 1. The van der Waals surface area contributed by atoms with Gasteiger partial charge in [-0.05, 0) is 40.8 Å². The van der Waals surface area contributed by atoms with Crippen molar-refractivity contribution in [3.05, 3.63) is 95.1 Å². The maximum atomic E-state index is 11.5. The highest BCUT2D eigenvalue weighted by molar-refractivity contribution is 5.90. The Morgan fingerprint density at radius 3 is 2.45 bits per heavy atom. The Labute approximate surface area is 171 Å². The summed E-state index contributed by atoms with van der Waals surface area (Å²) < 4.78 is 0. The van der Waals surface area contributed by atoms with E-state index in [-0.39, 0.29) is 17.6 Å². The van der Waals surface area contributed by atoms with E-state index in [1.807, 2.05) is 24.3 Å². The van der Waals surface area contributed by atoms with E-state index in [1.165, 1.54) is 23.6 Å². The third kappa shape index (κ3) is 4.49. The standard InChI is InChI=1S/C25H26N2O2/c1-18(28)26-24-14-21-12-13-27(16-19-8-4-2-5-9-19)17-23(22(21)15-25(24)29)20-10-6-3-7-11-20/h2-11,14-15,23,29H,12-13,16-17H2,1H3,(H,26,28). The molecule has 1 heterocycles. The third-order valence-corrected chi connectivity index (χ3v) is 5.53. The molecule has 29 heavy (non-hydrogen) atoms. The lowest BCUT2D eigenvalue weighted by Crippen LogP contribution is -2.28. The number of nitrogens with zero attached hydrogens (tertiary/aromatic N) is 1. The van der Waals surface area contributed by atoms with Gasteiger partial charge in [0.1, 0.15) is 5.75 Å². The van der Waals surface area contributed by atoms with Crippen molar-refractivity contribution in [1.29, 1.82) is 0 Å². The number of phenols is 1. The van der Waals surface area contributed by atoms with Crippen LogP contribution in [0.2, 0.25) is 0 Å². The van der Waals surface area contributed by atoms with E-state index >= 15 is 0 Å². The summed E-state index contributed by atoms with van der Waals surface area (Å²) in [5.41, 5.74) is 5.33. The Morgan fingerprint density at radius 1 is 1.07 bits per heavy atom. The van der Waals surface area contributed by atoms with Gasteiger partial charge < -0.3 is 10.4 Å².